The van der Waals surface area contributed by atoms with E-state index in [2.05, 4.69) is 43.4 Å². The molecule has 4 heteroatoms. The number of rotatable bonds is 7. The Morgan fingerprint density at radius 3 is 2.38 bits per heavy atom. The Bertz CT molecular complexity index is 783. The molecule has 0 spiro atoms. The van der Waals surface area contributed by atoms with Crippen LogP contribution in [0.15, 0.2) is 54.6 Å². The third-order valence-corrected chi connectivity index (χ3v) is 5.31. The summed E-state index contributed by atoms with van der Waals surface area (Å²) in [4.78, 5) is 12.9. The molecule has 0 aromatic heterocycles. The normalized spacial score (nSPS) is 19.6. The van der Waals surface area contributed by atoms with Crippen molar-refractivity contribution in [1.82, 2.24) is 5.32 Å². The number of nitrogens with one attached hydrogen (secondary N) is 1. The zero-order valence-corrected chi connectivity index (χ0v) is 18.0. The average molecular weight is 396 g/mol. The molecule has 1 N–H and O–H groups in total. The lowest BCUT2D eigenvalue weighted by molar-refractivity contribution is -0.124. The Hall–Kier alpha value is -2.33. The van der Waals surface area contributed by atoms with E-state index in [1.54, 1.807) is 0 Å². The van der Waals surface area contributed by atoms with Gasteiger partial charge in [-0.05, 0) is 63.8 Å². The molecule has 0 aliphatic carbocycles. The number of amides is 1. The molecule has 2 aromatic rings. The molecular weight excluding hydrogens is 362 g/mol. The molecule has 2 aromatic carbocycles. The van der Waals surface area contributed by atoms with Crippen LogP contribution < -0.4 is 10.1 Å². The second-order valence-corrected chi connectivity index (χ2v) is 8.77. The highest BCUT2D eigenvalue weighted by atomic mass is 16.5. The first-order chi connectivity index (χ1) is 13.8. The molecule has 0 unspecified atom stereocenters. The molecule has 0 radical (unpaired) electrons. The summed E-state index contributed by atoms with van der Waals surface area (Å²) in [5, 5.41) is 3.24. The highest BCUT2D eigenvalue weighted by Gasteiger charge is 2.30. The summed E-state index contributed by atoms with van der Waals surface area (Å²) in [5.74, 6) is 0.950. The molecule has 1 aliphatic heterocycles. The first-order valence-electron chi connectivity index (χ1n) is 10.6. The van der Waals surface area contributed by atoms with Crippen molar-refractivity contribution in [3.63, 3.8) is 0 Å². The number of benzene rings is 2. The van der Waals surface area contributed by atoms with Gasteiger partial charge >= 0.3 is 0 Å². The second kappa shape index (κ2) is 9.45. The van der Waals surface area contributed by atoms with E-state index in [0.717, 1.165) is 29.7 Å². The van der Waals surface area contributed by atoms with E-state index in [1.165, 1.54) is 0 Å². The van der Waals surface area contributed by atoms with Crippen LogP contribution in [0.4, 0.5) is 0 Å². The minimum atomic E-state index is -0.179. The summed E-state index contributed by atoms with van der Waals surface area (Å²) in [6, 6.07) is 18.5. The number of hydrogen-bond acceptors (Lipinski definition) is 3. The lowest BCUT2D eigenvalue weighted by atomic mass is 9.87. The molecule has 3 rings (SSSR count). The quantitative estimate of drug-likeness (QED) is 0.712. The Morgan fingerprint density at radius 1 is 1.10 bits per heavy atom. The fourth-order valence-corrected chi connectivity index (χ4v) is 3.99. The first-order valence-corrected chi connectivity index (χ1v) is 10.6. The van der Waals surface area contributed by atoms with Crippen molar-refractivity contribution in [2.45, 2.75) is 70.6 Å². The highest BCUT2D eigenvalue weighted by Crippen LogP contribution is 2.30. The van der Waals surface area contributed by atoms with E-state index < -0.39 is 0 Å². The lowest BCUT2D eigenvalue weighted by Gasteiger charge is -2.36. The predicted octanol–water partition coefficient (Wildman–Crippen LogP) is 5.07. The van der Waals surface area contributed by atoms with Crippen LogP contribution >= 0.6 is 0 Å². The van der Waals surface area contributed by atoms with Gasteiger partial charge < -0.3 is 14.8 Å². The topological polar surface area (TPSA) is 47.6 Å². The molecule has 1 saturated heterocycles. The summed E-state index contributed by atoms with van der Waals surface area (Å²) in [6.07, 6.45) is 2.27. The van der Waals surface area contributed by atoms with Crippen LogP contribution in [0.1, 0.15) is 64.0 Å². The molecule has 2 atom stereocenters. The lowest BCUT2D eigenvalue weighted by Crippen LogP contribution is -2.46. The largest absolute Gasteiger partial charge is 0.491 e. The third-order valence-electron chi connectivity index (χ3n) is 5.31. The van der Waals surface area contributed by atoms with Crippen LogP contribution in [0.2, 0.25) is 0 Å². The number of hydrogen-bond donors (Lipinski definition) is 1. The van der Waals surface area contributed by atoms with E-state index in [9.17, 15) is 4.79 Å². The van der Waals surface area contributed by atoms with Gasteiger partial charge in [0, 0.05) is 25.0 Å². The number of carbonyl (C=O) groups excluding carboxylic acids is 1. The van der Waals surface area contributed by atoms with Gasteiger partial charge in [0.2, 0.25) is 5.91 Å². The average Bonchev–Trinajstić information content (AvgIpc) is 2.66. The van der Waals surface area contributed by atoms with Gasteiger partial charge in [0.05, 0.1) is 11.7 Å². The minimum Gasteiger partial charge on any atom is -0.491 e. The first kappa shape index (κ1) is 21.4. The van der Waals surface area contributed by atoms with Crippen molar-refractivity contribution in [3.8, 4) is 5.75 Å². The molecule has 0 bridgehead atoms. The minimum absolute atomic E-state index is 0.0113. The maximum atomic E-state index is 12.9. The van der Waals surface area contributed by atoms with E-state index in [0.29, 0.717) is 13.0 Å². The maximum Gasteiger partial charge on any atom is 0.221 e. The monoisotopic (exact) mass is 395 g/mol. The fourth-order valence-electron chi connectivity index (χ4n) is 3.99. The van der Waals surface area contributed by atoms with Gasteiger partial charge in [-0.3, -0.25) is 4.79 Å². The molecule has 1 fully saturated rings. The molecule has 4 nitrogen and oxygen atoms in total. The van der Waals surface area contributed by atoms with E-state index in [1.807, 2.05) is 44.2 Å². The van der Waals surface area contributed by atoms with Crippen LogP contribution in [0.25, 0.3) is 0 Å². The third kappa shape index (κ3) is 6.33. The van der Waals surface area contributed by atoms with Crippen molar-refractivity contribution in [2.24, 2.45) is 0 Å². The molecule has 1 amide bonds. The molecule has 1 aliphatic rings. The van der Waals surface area contributed by atoms with Gasteiger partial charge in [0.1, 0.15) is 5.75 Å². The highest BCUT2D eigenvalue weighted by molar-refractivity contribution is 5.78. The molecule has 0 saturated carbocycles. The van der Waals surface area contributed by atoms with Crippen molar-refractivity contribution in [3.05, 3.63) is 65.7 Å². The van der Waals surface area contributed by atoms with Crippen LogP contribution in [0.3, 0.4) is 0 Å². The van der Waals surface area contributed by atoms with Crippen molar-refractivity contribution in [2.75, 3.05) is 6.61 Å². The van der Waals surface area contributed by atoms with Crippen LogP contribution in [0.5, 0.6) is 5.75 Å². The SMILES string of the molecule is CC(C)Oc1ccc([C@@H](CC(=O)N[C@@H]2CCOC(C)(C)C2)c2ccccc2)cc1. The van der Waals surface area contributed by atoms with Crippen LogP contribution in [-0.4, -0.2) is 30.3 Å². The van der Waals surface area contributed by atoms with Crippen molar-refractivity contribution < 1.29 is 14.3 Å². The van der Waals surface area contributed by atoms with E-state index in [-0.39, 0.29) is 29.6 Å². The van der Waals surface area contributed by atoms with Crippen molar-refractivity contribution >= 4 is 5.91 Å². The van der Waals surface area contributed by atoms with Gasteiger partial charge in [-0.15, -0.1) is 0 Å². The van der Waals surface area contributed by atoms with Crippen LogP contribution in [0, 0.1) is 0 Å². The second-order valence-electron chi connectivity index (χ2n) is 8.77. The molecular formula is C25H33NO3. The summed E-state index contributed by atoms with van der Waals surface area (Å²) >= 11 is 0. The van der Waals surface area contributed by atoms with E-state index in [4.69, 9.17) is 9.47 Å². The van der Waals surface area contributed by atoms with Gasteiger partial charge in [-0.25, -0.2) is 0 Å². The summed E-state index contributed by atoms with van der Waals surface area (Å²) < 4.78 is 11.5. The maximum absolute atomic E-state index is 12.9. The molecule has 156 valence electrons. The van der Waals surface area contributed by atoms with Gasteiger partial charge in [-0.2, -0.15) is 0 Å². The van der Waals surface area contributed by atoms with Gasteiger partial charge in [-0.1, -0.05) is 42.5 Å². The number of ether oxygens (including phenoxy) is 2. The summed E-state index contributed by atoms with van der Waals surface area (Å²) in [6.45, 7) is 8.89. The fraction of sp³-hybridized carbons (Fsp3) is 0.480. The smallest absolute Gasteiger partial charge is 0.221 e. The Labute approximate surface area is 174 Å². The Morgan fingerprint density at radius 2 is 1.76 bits per heavy atom. The molecule has 29 heavy (non-hydrogen) atoms. The summed E-state index contributed by atoms with van der Waals surface area (Å²) in [7, 11) is 0. The summed E-state index contributed by atoms with van der Waals surface area (Å²) in [5.41, 5.74) is 2.09. The van der Waals surface area contributed by atoms with Crippen LogP contribution in [-0.2, 0) is 9.53 Å². The van der Waals surface area contributed by atoms with Gasteiger partial charge in [0.15, 0.2) is 0 Å². The Kier molecular flexibility index (Phi) is 6.96. The number of carbonyl (C=O) groups is 1. The Balaban J connectivity index is 1.73. The van der Waals surface area contributed by atoms with E-state index >= 15 is 0 Å². The van der Waals surface area contributed by atoms with Crippen molar-refractivity contribution in [1.29, 1.82) is 0 Å². The zero-order chi connectivity index (χ0) is 20.9. The standard InChI is InChI=1S/C25H33NO3/c1-18(2)29-22-12-10-20(11-13-22)23(19-8-6-5-7-9-19)16-24(27)26-21-14-15-28-25(3,4)17-21/h5-13,18,21,23H,14-17H2,1-4H3,(H,26,27)/t21-,23+/m1/s1. The molecule has 1 heterocycles. The zero-order valence-electron chi connectivity index (χ0n) is 18.0. The van der Waals surface area contributed by atoms with Gasteiger partial charge in [0.25, 0.3) is 0 Å². The predicted molar refractivity (Wildman–Crippen MR) is 116 cm³/mol.